The van der Waals surface area contributed by atoms with Crippen molar-refractivity contribution in [2.24, 2.45) is 0 Å². The predicted molar refractivity (Wildman–Crippen MR) is 159 cm³/mol. The zero-order chi connectivity index (χ0) is 25.1. The summed E-state index contributed by atoms with van der Waals surface area (Å²) in [5.74, 6) is 0. The zero-order valence-corrected chi connectivity index (χ0v) is 22.7. The van der Waals surface area contributed by atoms with Gasteiger partial charge in [-0.3, -0.25) is 0 Å². The third kappa shape index (κ3) is 3.81. The zero-order valence-electron chi connectivity index (χ0n) is 19.4. The van der Waals surface area contributed by atoms with E-state index in [1.807, 2.05) is 12.4 Å². The molecule has 0 saturated heterocycles. The highest BCUT2D eigenvalue weighted by molar-refractivity contribution is 7.27. The van der Waals surface area contributed by atoms with Gasteiger partial charge < -0.3 is 0 Å². The van der Waals surface area contributed by atoms with Crippen molar-refractivity contribution in [2.45, 2.75) is 0 Å². The van der Waals surface area contributed by atoms with Crippen LogP contribution in [0.15, 0.2) is 86.2 Å². The van der Waals surface area contributed by atoms with Crippen LogP contribution in [-0.2, 0) is 0 Å². The molecule has 10 heteroatoms. The van der Waals surface area contributed by atoms with Crippen molar-refractivity contribution >= 4 is 76.3 Å². The highest BCUT2D eigenvalue weighted by atomic mass is 32.1. The normalized spacial score (nSPS) is 11.7. The molecule has 180 valence electrons. The van der Waals surface area contributed by atoms with E-state index in [9.17, 15) is 0 Å². The Hall–Kier alpha value is -3.96. The SMILES string of the molecule is c1ncc(-c2ncc(-c3cc4cc5cc6sc(-c7cnc(-c8cncnc8)s7)cc6cc5cc4s3)s2)cn1. The molecule has 0 N–H and O–H groups in total. The molecule has 6 heterocycles. The van der Waals surface area contributed by atoms with Crippen molar-refractivity contribution in [3.8, 4) is 40.7 Å². The number of hydrogen-bond donors (Lipinski definition) is 0. The van der Waals surface area contributed by atoms with Crippen LogP contribution in [0.25, 0.3) is 71.6 Å². The molecule has 2 aromatic carbocycles. The molecule has 8 aromatic rings. The first-order valence-electron chi connectivity index (χ1n) is 11.6. The van der Waals surface area contributed by atoms with Crippen LogP contribution in [0, 0.1) is 0 Å². The Kier molecular flexibility index (Phi) is 5.12. The summed E-state index contributed by atoms with van der Waals surface area (Å²) in [6.07, 6.45) is 14.2. The van der Waals surface area contributed by atoms with E-state index >= 15 is 0 Å². The van der Waals surface area contributed by atoms with E-state index in [1.165, 1.54) is 53.4 Å². The summed E-state index contributed by atoms with van der Waals surface area (Å²) < 4.78 is 2.55. The van der Waals surface area contributed by atoms with Gasteiger partial charge in [0.25, 0.3) is 0 Å². The van der Waals surface area contributed by atoms with Crippen LogP contribution < -0.4 is 0 Å². The molecule has 6 nitrogen and oxygen atoms in total. The van der Waals surface area contributed by atoms with Gasteiger partial charge in [-0.2, -0.15) is 0 Å². The third-order valence-corrected chi connectivity index (χ3v) is 10.9. The second-order valence-corrected chi connectivity index (χ2v) is 12.9. The summed E-state index contributed by atoms with van der Waals surface area (Å²) >= 11 is 6.96. The molecule has 0 amide bonds. The maximum atomic E-state index is 4.61. The van der Waals surface area contributed by atoms with Crippen LogP contribution in [0.2, 0.25) is 0 Å². The van der Waals surface area contributed by atoms with E-state index in [0.29, 0.717) is 0 Å². The van der Waals surface area contributed by atoms with Gasteiger partial charge in [-0.25, -0.2) is 29.9 Å². The number of fused-ring (bicyclic) bond motifs is 3. The first-order chi connectivity index (χ1) is 18.8. The average Bonchev–Trinajstić information content (AvgIpc) is 3.76. The monoisotopic (exact) mass is 562 g/mol. The van der Waals surface area contributed by atoms with Crippen molar-refractivity contribution in [3.63, 3.8) is 0 Å². The maximum Gasteiger partial charge on any atom is 0.127 e. The Morgan fingerprint density at radius 3 is 1.29 bits per heavy atom. The molecule has 6 aromatic heterocycles. The van der Waals surface area contributed by atoms with E-state index < -0.39 is 0 Å². The number of benzene rings is 2. The van der Waals surface area contributed by atoms with Crippen LogP contribution in [0.3, 0.4) is 0 Å². The van der Waals surface area contributed by atoms with E-state index in [4.69, 9.17) is 0 Å². The first-order valence-corrected chi connectivity index (χ1v) is 14.9. The summed E-state index contributed by atoms with van der Waals surface area (Å²) in [6.45, 7) is 0. The molecule has 0 aliphatic carbocycles. The second-order valence-electron chi connectivity index (χ2n) is 8.66. The molecule has 0 spiro atoms. The van der Waals surface area contributed by atoms with Crippen LogP contribution in [0.1, 0.15) is 0 Å². The predicted octanol–water partition coefficient (Wildman–Crippen LogP) is 8.43. The van der Waals surface area contributed by atoms with Crippen LogP contribution >= 0.6 is 45.3 Å². The minimum absolute atomic E-state index is 0.935. The van der Waals surface area contributed by atoms with Crippen molar-refractivity contribution in [2.75, 3.05) is 0 Å². The topological polar surface area (TPSA) is 77.3 Å². The first kappa shape index (κ1) is 22.1. The Balaban J connectivity index is 1.15. The van der Waals surface area contributed by atoms with Crippen LogP contribution in [0.5, 0.6) is 0 Å². The van der Waals surface area contributed by atoms with Gasteiger partial charge in [0.2, 0.25) is 0 Å². The Morgan fingerprint density at radius 2 is 0.842 bits per heavy atom. The van der Waals surface area contributed by atoms with Crippen molar-refractivity contribution < 1.29 is 0 Å². The lowest BCUT2D eigenvalue weighted by Gasteiger charge is -1.99. The summed E-state index contributed by atoms with van der Waals surface area (Å²) in [4.78, 5) is 30.4. The van der Waals surface area contributed by atoms with E-state index in [-0.39, 0.29) is 0 Å². The van der Waals surface area contributed by atoms with Crippen molar-refractivity contribution in [1.82, 2.24) is 29.9 Å². The smallest absolute Gasteiger partial charge is 0.127 e. The lowest BCUT2D eigenvalue weighted by Crippen LogP contribution is -1.79. The fourth-order valence-electron chi connectivity index (χ4n) is 4.43. The van der Waals surface area contributed by atoms with Crippen molar-refractivity contribution in [1.29, 1.82) is 0 Å². The summed E-state index contributed by atoms with van der Waals surface area (Å²) in [5, 5.41) is 6.88. The lowest BCUT2D eigenvalue weighted by atomic mass is 10.1. The minimum Gasteiger partial charge on any atom is -0.244 e. The van der Waals surface area contributed by atoms with Gasteiger partial charge in [0.1, 0.15) is 22.7 Å². The number of nitrogens with zero attached hydrogens (tertiary/aromatic N) is 6. The van der Waals surface area contributed by atoms with Gasteiger partial charge >= 0.3 is 0 Å². The molecule has 0 radical (unpaired) electrons. The van der Waals surface area contributed by atoms with Crippen LogP contribution in [-0.4, -0.2) is 29.9 Å². The molecule has 0 saturated carbocycles. The highest BCUT2D eigenvalue weighted by Gasteiger charge is 2.14. The summed E-state index contributed by atoms with van der Waals surface area (Å²) in [7, 11) is 0. The van der Waals surface area contributed by atoms with Gasteiger partial charge in [-0.15, -0.1) is 45.3 Å². The van der Waals surface area contributed by atoms with Gasteiger partial charge in [-0.1, -0.05) is 0 Å². The molecule has 38 heavy (non-hydrogen) atoms. The van der Waals surface area contributed by atoms with E-state index in [0.717, 1.165) is 30.9 Å². The van der Waals surface area contributed by atoms with Gasteiger partial charge in [-0.05, 0) is 57.9 Å². The molecule has 0 fully saturated rings. The van der Waals surface area contributed by atoms with Crippen molar-refractivity contribution in [3.05, 3.63) is 86.2 Å². The number of rotatable bonds is 4. The van der Waals surface area contributed by atoms with Gasteiger partial charge in [0, 0.05) is 67.5 Å². The molecular weight excluding hydrogens is 549 g/mol. The minimum atomic E-state index is 0.935. The Bertz CT molecular complexity index is 1870. The van der Waals surface area contributed by atoms with Crippen LogP contribution in [0.4, 0.5) is 0 Å². The molecule has 0 aliphatic rings. The molecular formula is C28H14N6S4. The highest BCUT2D eigenvalue weighted by Crippen LogP contribution is 2.42. The number of thiophene rings is 2. The molecule has 0 bridgehead atoms. The fourth-order valence-corrected chi connectivity index (χ4v) is 8.53. The van der Waals surface area contributed by atoms with Gasteiger partial charge in [0.15, 0.2) is 0 Å². The number of hydrogen-bond acceptors (Lipinski definition) is 10. The van der Waals surface area contributed by atoms with E-state index in [2.05, 4.69) is 66.3 Å². The molecule has 0 unspecified atom stereocenters. The third-order valence-electron chi connectivity index (χ3n) is 6.22. The second kappa shape index (κ2) is 8.81. The molecule has 8 rings (SSSR count). The molecule has 0 atom stereocenters. The quantitative estimate of drug-likeness (QED) is 0.214. The Labute approximate surface area is 232 Å². The molecule has 0 aliphatic heterocycles. The lowest BCUT2D eigenvalue weighted by molar-refractivity contribution is 1.17. The fraction of sp³-hybridized carbons (Fsp3) is 0. The van der Waals surface area contributed by atoms with Gasteiger partial charge in [0.05, 0.1) is 9.75 Å². The number of thiazole rings is 2. The largest absolute Gasteiger partial charge is 0.244 e. The Morgan fingerprint density at radius 1 is 0.395 bits per heavy atom. The summed E-state index contributed by atoms with van der Waals surface area (Å²) in [6, 6.07) is 13.8. The summed E-state index contributed by atoms with van der Waals surface area (Å²) in [5.41, 5.74) is 1.89. The van der Waals surface area contributed by atoms with E-state index in [1.54, 1.807) is 70.1 Å². The maximum absolute atomic E-state index is 4.61. The number of aromatic nitrogens is 6. The average molecular weight is 563 g/mol. The standard InChI is InChI=1S/C28H14N6S4/c1-15-3-22-18(6-24(36-22)26-12-34-28(38-26)20-9-31-14-32-10-20)2-16(15)4-21-17(1)5-23(35-21)25-11-33-27(37-25)19-7-29-13-30-8-19/h1-14H.